The molecule has 1 heterocycles. The standard InChI is InChI=1S/C25H24INO5S/c1-15-3-7-19(8-4-15)33(29,30)32-14-25(24(28)31-2)11-17-9-18-13-27-22(16-5-6-16)10-20(18)23(26)21(17)12-25/h3-4,7-10,13,16H,5-6,11-12,14H2,1-2H3. The van der Waals surface area contributed by atoms with Gasteiger partial charge in [0.1, 0.15) is 5.41 Å². The van der Waals surface area contributed by atoms with Crippen molar-refractivity contribution in [1.82, 2.24) is 4.98 Å². The number of fused-ring (bicyclic) bond motifs is 2. The van der Waals surface area contributed by atoms with E-state index in [1.807, 2.05) is 13.1 Å². The van der Waals surface area contributed by atoms with E-state index in [1.165, 1.54) is 32.1 Å². The predicted molar refractivity (Wildman–Crippen MR) is 133 cm³/mol. The number of carbonyl (C=O) groups excluding carboxylic acids is 1. The number of hydrogen-bond donors (Lipinski definition) is 0. The summed E-state index contributed by atoms with van der Waals surface area (Å²) >= 11 is 2.33. The van der Waals surface area contributed by atoms with Crippen LogP contribution in [0.5, 0.6) is 0 Å². The number of carbonyl (C=O) groups is 1. The Bertz CT molecular complexity index is 1370. The van der Waals surface area contributed by atoms with Crippen molar-refractivity contribution in [3.05, 3.63) is 68.5 Å². The van der Waals surface area contributed by atoms with Gasteiger partial charge in [-0.2, -0.15) is 8.42 Å². The quantitative estimate of drug-likeness (QED) is 0.240. The number of benzene rings is 2. The van der Waals surface area contributed by atoms with Crippen molar-refractivity contribution in [3.63, 3.8) is 0 Å². The molecule has 8 heteroatoms. The second-order valence-electron chi connectivity index (χ2n) is 9.09. The van der Waals surface area contributed by atoms with E-state index in [-0.39, 0.29) is 11.5 Å². The average molecular weight is 577 g/mol. The largest absolute Gasteiger partial charge is 0.469 e. The molecule has 1 saturated carbocycles. The highest BCUT2D eigenvalue weighted by atomic mass is 127. The minimum absolute atomic E-state index is 0.0719. The molecule has 3 aromatic rings. The van der Waals surface area contributed by atoms with E-state index in [0.717, 1.165) is 36.7 Å². The fourth-order valence-electron chi connectivity index (χ4n) is 4.57. The number of methoxy groups -OCH3 is 1. The zero-order valence-electron chi connectivity index (χ0n) is 18.4. The third kappa shape index (κ3) is 4.17. The number of halogens is 1. The molecule has 0 radical (unpaired) electrons. The lowest BCUT2D eigenvalue weighted by Gasteiger charge is -2.25. The van der Waals surface area contributed by atoms with E-state index in [2.05, 4.69) is 39.7 Å². The molecule has 0 aliphatic heterocycles. The molecule has 1 aromatic heterocycles. The maximum Gasteiger partial charge on any atom is 0.314 e. The average Bonchev–Trinajstić information content (AvgIpc) is 3.58. The van der Waals surface area contributed by atoms with Crippen molar-refractivity contribution < 1.29 is 22.1 Å². The normalized spacial score (nSPS) is 20.1. The predicted octanol–water partition coefficient (Wildman–Crippen LogP) is 4.69. The summed E-state index contributed by atoms with van der Waals surface area (Å²) < 4.78 is 37.3. The maximum absolute atomic E-state index is 12.9. The van der Waals surface area contributed by atoms with E-state index in [0.29, 0.717) is 18.8 Å². The summed E-state index contributed by atoms with van der Waals surface area (Å²) in [6.07, 6.45) is 4.99. The number of ether oxygens (including phenoxy) is 1. The molecular formula is C25H24INO5S. The van der Waals surface area contributed by atoms with Crippen molar-refractivity contribution in [2.45, 2.75) is 43.4 Å². The SMILES string of the molecule is COC(=O)C1(COS(=O)(=O)c2ccc(C)cc2)Cc2cc3cnc(C4CC4)cc3c(I)c2C1. The molecule has 1 unspecified atom stereocenters. The van der Waals surface area contributed by atoms with Crippen LogP contribution in [0, 0.1) is 15.9 Å². The third-order valence-corrected chi connectivity index (χ3v) is 9.14. The fourth-order valence-corrected chi connectivity index (χ4v) is 6.56. The van der Waals surface area contributed by atoms with Crippen molar-refractivity contribution in [2.75, 3.05) is 13.7 Å². The molecule has 0 bridgehead atoms. The van der Waals surface area contributed by atoms with Gasteiger partial charge in [0, 0.05) is 26.8 Å². The molecule has 1 fully saturated rings. The summed E-state index contributed by atoms with van der Waals surface area (Å²) in [5, 5.41) is 2.15. The Morgan fingerprint density at radius 3 is 2.58 bits per heavy atom. The van der Waals surface area contributed by atoms with E-state index in [4.69, 9.17) is 8.92 Å². The molecule has 2 aliphatic rings. The highest BCUT2D eigenvalue weighted by Crippen LogP contribution is 2.45. The smallest absolute Gasteiger partial charge is 0.314 e. The van der Waals surface area contributed by atoms with Gasteiger partial charge in [0.05, 0.1) is 18.6 Å². The first-order chi connectivity index (χ1) is 15.7. The Labute approximate surface area is 207 Å². The van der Waals surface area contributed by atoms with Gasteiger partial charge >= 0.3 is 5.97 Å². The Morgan fingerprint density at radius 2 is 1.91 bits per heavy atom. The topological polar surface area (TPSA) is 82.6 Å². The van der Waals surface area contributed by atoms with Gasteiger partial charge in [-0.25, -0.2) is 0 Å². The van der Waals surface area contributed by atoms with E-state index in [9.17, 15) is 13.2 Å². The molecule has 2 aromatic carbocycles. The second-order valence-corrected chi connectivity index (χ2v) is 11.8. The number of pyridine rings is 1. The molecular weight excluding hydrogens is 553 g/mol. The van der Waals surface area contributed by atoms with Crippen LogP contribution in [0.2, 0.25) is 0 Å². The molecule has 6 nitrogen and oxygen atoms in total. The maximum atomic E-state index is 12.9. The van der Waals surface area contributed by atoms with Crippen molar-refractivity contribution in [3.8, 4) is 0 Å². The van der Waals surface area contributed by atoms with Crippen LogP contribution in [0.1, 0.15) is 41.1 Å². The van der Waals surface area contributed by atoms with Crippen LogP contribution in [0.3, 0.4) is 0 Å². The number of aryl methyl sites for hydroxylation is 1. The highest BCUT2D eigenvalue weighted by molar-refractivity contribution is 14.1. The highest BCUT2D eigenvalue weighted by Gasteiger charge is 2.47. The van der Waals surface area contributed by atoms with E-state index < -0.39 is 21.5 Å². The van der Waals surface area contributed by atoms with Crippen LogP contribution in [0.25, 0.3) is 10.8 Å². The van der Waals surface area contributed by atoms with Gasteiger partial charge in [-0.3, -0.25) is 14.0 Å². The Balaban J connectivity index is 1.48. The molecule has 0 N–H and O–H groups in total. The first kappa shape index (κ1) is 22.7. The number of esters is 1. The zero-order chi connectivity index (χ0) is 23.4. The van der Waals surface area contributed by atoms with Crippen molar-refractivity contribution in [2.24, 2.45) is 5.41 Å². The van der Waals surface area contributed by atoms with E-state index >= 15 is 0 Å². The molecule has 0 saturated heterocycles. The van der Waals surface area contributed by atoms with Crippen LogP contribution in [-0.2, 0) is 36.7 Å². The van der Waals surface area contributed by atoms with Crippen molar-refractivity contribution >= 4 is 49.5 Å². The monoisotopic (exact) mass is 577 g/mol. The number of hydrogen-bond acceptors (Lipinski definition) is 6. The second kappa shape index (κ2) is 8.32. The van der Waals surface area contributed by atoms with Crippen LogP contribution < -0.4 is 0 Å². The summed E-state index contributed by atoms with van der Waals surface area (Å²) in [6, 6.07) is 10.7. The van der Waals surface area contributed by atoms with E-state index in [1.54, 1.807) is 12.1 Å². The van der Waals surface area contributed by atoms with Gasteiger partial charge in [0.15, 0.2) is 0 Å². The minimum atomic E-state index is -4.01. The molecule has 0 spiro atoms. The van der Waals surface area contributed by atoms with Crippen LogP contribution in [0.15, 0.2) is 47.5 Å². The lowest BCUT2D eigenvalue weighted by Crippen LogP contribution is -2.38. The van der Waals surface area contributed by atoms with Gasteiger partial charge < -0.3 is 4.74 Å². The van der Waals surface area contributed by atoms with Crippen LogP contribution in [-0.4, -0.2) is 33.1 Å². The molecule has 33 heavy (non-hydrogen) atoms. The zero-order valence-corrected chi connectivity index (χ0v) is 21.4. The molecule has 2 aliphatic carbocycles. The summed E-state index contributed by atoms with van der Waals surface area (Å²) in [5.41, 5.74) is 3.03. The lowest BCUT2D eigenvalue weighted by atomic mass is 9.86. The summed E-state index contributed by atoms with van der Waals surface area (Å²) in [7, 11) is -2.68. The first-order valence-corrected chi connectivity index (χ1v) is 13.4. The third-order valence-electron chi connectivity index (χ3n) is 6.63. The van der Waals surface area contributed by atoms with Gasteiger partial charge in [-0.1, -0.05) is 17.7 Å². The number of nitrogens with zero attached hydrogens (tertiary/aromatic N) is 1. The van der Waals surface area contributed by atoms with Crippen LogP contribution >= 0.6 is 22.6 Å². The Hall–Kier alpha value is -2.04. The fraction of sp³-hybridized carbons (Fsp3) is 0.360. The minimum Gasteiger partial charge on any atom is -0.469 e. The lowest BCUT2D eigenvalue weighted by molar-refractivity contribution is -0.154. The first-order valence-electron chi connectivity index (χ1n) is 10.9. The molecule has 1 atom stereocenters. The number of aromatic nitrogens is 1. The Kier molecular flexibility index (Phi) is 5.73. The van der Waals surface area contributed by atoms with Crippen LogP contribution in [0.4, 0.5) is 0 Å². The number of rotatable bonds is 6. The van der Waals surface area contributed by atoms with Gasteiger partial charge in [-0.05, 0) is 96.0 Å². The van der Waals surface area contributed by atoms with Gasteiger partial charge in [0.2, 0.25) is 0 Å². The molecule has 172 valence electrons. The summed E-state index contributed by atoms with van der Waals surface area (Å²) in [5.74, 6) is 0.0856. The van der Waals surface area contributed by atoms with Crippen molar-refractivity contribution in [1.29, 1.82) is 0 Å². The molecule has 0 amide bonds. The van der Waals surface area contributed by atoms with Gasteiger partial charge in [0.25, 0.3) is 10.1 Å². The molecule has 5 rings (SSSR count). The summed E-state index contributed by atoms with van der Waals surface area (Å²) in [4.78, 5) is 17.7. The Morgan fingerprint density at radius 1 is 1.18 bits per heavy atom. The summed E-state index contributed by atoms with van der Waals surface area (Å²) in [6.45, 7) is 1.61. The van der Waals surface area contributed by atoms with Gasteiger partial charge in [-0.15, -0.1) is 0 Å².